The third-order valence-electron chi connectivity index (χ3n) is 4.74. The molecule has 0 bridgehead atoms. The third kappa shape index (κ3) is 3.74. The molecule has 1 aliphatic rings. The van der Waals surface area contributed by atoms with Crippen LogP contribution in [-0.2, 0) is 4.74 Å². The summed E-state index contributed by atoms with van der Waals surface area (Å²) in [6.45, 7) is 11.1. The molecule has 3 rings (SSSR count). The maximum absolute atomic E-state index is 8.64. The number of hydrogen-bond acceptors (Lipinski definition) is 3. The van der Waals surface area contributed by atoms with E-state index >= 15 is 0 Å². The van der Waals surface area contributed by atoms with Crippen molar-refractivity contribution in [3.8, 4) is 0 Å². The summed E-state index contributed by atoms with van der Waals surface area (Å²) in [5.41, 5.74) is 9.70. The highest BCUT2D eigenvalue weighted by atomic mass is 16.5. The summed E-state index contributed by atoms with van der Waals surface area (Å²) in [6, 6.07) is 14.4. The van der Waals surface area contributed by atoms with Gasteiger partial charge in [0.25, 0.3) is 0 Å². The summed E-state index contributed by atoms with van der Waals surface area (Å²) in [7, 11) is 0. The van der Waals surface area contributed by atoms with Crippen molar-refractivity contribution >= 4 is 17.0 Å². The van der Waals surface area contributed by atoms with Gasteiger partial charge in [-0.15, -0.1) is 5.73 Å². The number of aryl methyl sites for hydroxylation is 1. The third-order valence-corrected chi connectivity index (χ3v) is 4.74. The Morgan fingerprint density at radius 3 is 2.36 bits per heavy atom. The van der Waals surface area contributed by atoms with Gasteiger partial charge in [0.15, 0.2) is 0 Å². The second-order valence-electron chi connectivity index (χ2n) is 6.35. The minimum absolute atomic E-state index is 0.546. The zero-order valence-corrected chi connectivity index (χ0v) is 14.9. The second kappa shape index (κ2) is 7.52. The van der Waals surface area contributed by atoms with E-state index in [9.17, 15) is 0 Å². The van der Waals surface area contributed by atoms with E-state index in [-0.39, 0.29) is 0 Å². The van der Waals surface area contributed by atoms with Gasteiger partial charge in [0, 0.05) is 29.9 Å². The first-order valence-electron chi connectivity index (χ1n) is 8.60. The largest absolute Gasteiger partial charge is 0.378 e. The number of rotatable bonds is 4. The highest BCUT2D eigenvalue weighted by Gasteiger charge is 2.13. The molecule has 1 N–H and O–H groups in total. The Kier molecular flexibility index (Phi) is 5.18. The molecule has 0 spiro atoms. The topological polar surface area (TPSA) is 36.3 Å². The van der Waals surface area contributed by atoms with Gasteiger partial charge in [-0.2, -0.15) is 0 Å². The van der Waals surface area contributed by atoms with Crippen LogP contribution in [0.2, 0.25) is 0 Å². The Morgan fingerprint density at radius 2 is 1.72 bits per heavy atom. The van der Waals surface area contributed by atoms with Crippen molar-refractivity contribution in [2.24, 2.45) is 0 Å². The standard InChI is InChI=1S/C22H24N2O/c1-4-16(2)19-6-5-17(3)21(15-19)22(23)18-7-9-20(10-8-18)24-11-13-25-14-12-24/h5-10,15,23H,1,11-14H2,2-3H3. The number of hydrogen-bond donors (Lipinski definition) is 1. The fourth-order valence-corrected chi connectivity index (χ4v) is 3.04. The van der Waals surface area contributed by atoms with E-state index in [0.29, 0.717) is 5.71 Å². The van der Waals surface area contributed by atoms with Crippen LogP contribution in [0.5, 0.6) is 0 Å². The van der Waals surface area contributed by atoms with Crippen molar-refractivity contribution in [3.63, 3.8) is 0 Å². The van der Waals surface area contributed by atoms with E-state index in [0.717, 1.165) is 54.1 Å². The molecule has 3 heteroatoms. The molecular weight excluding hydrogens is 308 g/mol. The van der Waals surface area contributed by atoms with E-state index in [1.165, 1.54) is 5.69 Å². The number of benzene rings is 2. The first kappa shape index (κ1) is 17.2. The van der Waals surface area contributed by atoms with E-state index in [1.54, 1.807) is 0 Å². The van der Waals surface area contributed by atoms with Crippen molar-refractivity contribution < 1.29 is 4.74 Å². The van der Waals surface area contributed by atoms with Gasteiger partial charge in [0.1, 0.15) is 0 Å². The minimum atomic E-state index is 0.546. The molecule has 0 unspecified atom stereocenters. The number of allylic oxidation sites excluding steroid dienone is 1. The lowest BCUT2D eigenvalue weighted by atomic mass is 9.94. The van der Waals surface area contributed by atoms with Crippen molar-refractivity contribution in [3.05, 3.63) is 77.0 Å². The lowest BCUT2D eigenvalue weighted by Crippen LogP contribution is -2.36. The Bertz CT molecular complexity index is 824. The van der Waals surface area contributed by atoms with Crippen LogP contribution in [0.1, 0.15) is 29.2 Å². The number of nitrogens with zero attached hydrogens (tertiary/aromatic N) is 1. The number of morpholine rings is 1. The summed E-state index contributed by atoms with van der Waals surface area (Å²) in [5.74, 6) is 0. The van der Waals surface area contributed by atoms with Crippen molar-refractivity contribution in [2.75, 3.05) is 31.2 Å². The molecule has 0 amide bonds. The predicted molar refractivity (Wildman–Crippen MR) is 105 cm³/mol. The summed E-state index contributed by atoms with van der Waals surface area (Å²) < 4.78 is 5.41. The van der Waals surface area contributed by atoms with Gasteiger partial charge in [0.05, 0.1) is 18.9 Å². The maximum atomic E-state index is 8.64. The van der Waals surface area contributed by atoms with E-state index in [2.05, 4.69) is 47.5 Å². The summed E-state index contributed by atoms with van der Waals surface area (Å²) in [6.07, 6.45) is 0. The Balaban J connectivity index is 1.86. The molecule has 3 nitrogen and oxygen atoms in total. The maximum Gasteiger partial charge on any atom is 0.0687 e. The average Bonchev–Trinajstić information content (AvgIpc) is 2.68. The molecule has 1 heterocycles. The van der Waals surface area contributed by atoms with Crippen molar-refractivity contribution in [2.45, 2.75) is 13.8 Å². The van der Waals surface area contributed by atoms with Gasteiger partial charge in [-0.05, 0) is 48.7 Å². The van der Waals surface area contributed by atoms with Crippen LogP contribution >= 0.6 is 0 Å². The molecule has 128 valence electrons. The van der Waals surface area contributed by atoms with Crippen LogP contribution in [0.15, 0.2) is 54.8 Å². The quantitative estimate of drug-likeness (QED) is 0.664. The lowest BCUT2D eigenvalue weighted by Gasteiger charge is -2.29. The fraction of sp³-hybridized carbons (Fsp3) is 0.273. The smallest absolute Gasteiger partial charge is 0.0687 e. The zero-order chi connectivity index (χ0) is 17.8. The molecule has 2 aromatic carbocycles. The predicted octanol–water partition coefficient (Wildman–Crippen LogP) is 4.44. The highest BCUT2D eigenvalue weighted by molar-refractivity contribution is 6.12. The molecule has 1 saturated heterocycles. The van der Waals surface area contributed by atoms with Crippen LogP contribution in [0.25, 0.3) is 5.57 Å². The second-order valence-corrected chi connectivity index (χ2v) is 6.35. The monoisotopic (exact) mass is 332 g/mol. The van der Waals surface area contributed by atoms with Crippen LogP contribution in [0.4, 0.5) is 5.69 Å². The van der Waals surface area contributed by atoms with Crippen LogP contribution in [0.3, 0.4) is 0 Å². The number of nitrogens with one attached hydrogen (secondary N) is 1. The highest BCUT2D eigenvalue weighted by Crippen LogP contribution is 2.22. The van der Waals surface area contributed by atoms with E-state index in [4.69, 9.17) is 10.1 Å². The van der Waals surface area contributed by atoms with Gasteiger partial charge in [-0.3, -0.25) is 5.41 Å². The van der Waals surface area contributed by atoms with Crippen molar-refractivity contribution in [1.29, 1.82) is 5.41 Å². The van der Waals surface area contributed by atoms with Crippen LogP contribution in [0, 0.1) is 12.3 Å². The molecular formula is C22H24N2O. The normalized spacial score (nSPS) is 14.1. The van der Waals surface area contributed by atoms with Crippen LogP contribution in [-0.4, -0.2) is 32.0 Å². The molecule has 0 saturated carbocycles. The van der Waals surface area contributed by atoms with Crippen LogP contribution < -0.4 is 4.90 Å². The zero-order valence-electron chi connectivity index (χ0n) is 14.9. The van der Waals surface area contributed by atoms with Gasteiger partial charge in [-0.1, -0.05) is 30.8 Å². The average molecular weight is 332 g/mol. The van der Waals surface area contributed by atoms with E-state index in [1.807, 2.05) is 26.0 Å². The molecule has 1 fully saturated rings. The Hall–Kier alpha value is -2.61. The number of ether oxygens (including phenoxy) is 1. The van der Waals surface area contributed by atoms with Gasteiger partial charge >= 0.3 is 0 Å². The molecule has 0 aliphatic carbocycles. The Morgan fingerprint density at radius 1 is 1.08 bits per heavy atom. The molecule has 0 radical (unpaired) electrons. The minimum Gasteiger partial charge on any atom is -0.378 e. The molecule has 0 atom stereocenters. The first-order valence-corrected chi connectivity index (χ1v) is 8.60. The van der Waals surface area contributed by atoms with E-state index < -0.39 is 0 Å². The Labute approximate surface area is 149 Å². The number of anilines is 1. The lowest BCUT2D eigenvalue weighted by molar-refractivity contribution is 0.122. The first-order chi connectivity index (χ1) is 12.1. The van der Waals surface area contributed by atoms with Gasteiger partial charge < -0.3 is 9.64 Å². The summed E-state index contributed by atoms with van der Waals surface area (Å²) in [4.78, 5) is 2.32. The molecule has 1 aliphatic heterocycles. The van der Waals surface area contributed by atoms with Gasteiger partial charge in [-0.25, -0.2) is 0 Å². The summed E-state index contributed by atoms with van der Waals surface area (Å²) >= 11 is 0. The van der Waals surface area contributed by atoms with Crippen molar-refractivity contribution in [1.82, 2.24) is 0 Å². The molecule has 2 aromatic rings. The molecule has 0 aromatic heterocycles. The SMILES string of the molecule is C=C=C(C)c1ccc(C)c(C(=N)c2ccc(N3CCOCC3)cc2)c1. The molecule has 25 heavy (non-hydrogen) atoms. The van der Waals surface area contributed by atoms with Gasteiger partial charge in [0.2, 0.25) is 0 Å². The fourth-order valence-electron chi connectivity index (χ4n) is 3.04. The summed E-state index contributed by atoms with van der Waals surface area (Å²) in [5, 5.41) is 8.64.